The molecule has 1 aliphatic heterocycles. The van der Waals surface area contributed by atoms with Crippen LogP contribution in [0.25, 0.3) is 5.57 Å². The van der Waals surface area contributed by atoms with Crippen LogP contribution in [0.3, 0.4) is 0 Å². The Morgan fingerprint density at radius 1 is 0.969 bits per heavy atom. The predicted molar refractivity (Wildman–Crippen MR) is 123 cm³/mol. The molecule has 1 atom stereocenters. The molecule has 4 rings (SSSR count). The van der Waals surface area contributed by atoms with E-state index in [9.17, 15) is 14.7 Å². The molecule has 3 aromatic rings. The fraction of sp³-hybridized carbons (Fsp3) is 0.185. The molecule has 0 bridgehead atoms. The van der Waals surface area contributed by atoms with E-state index in [1.165, 1.54) is 7.11 Å². The molecule has 162 valence electrons. The largest absolute Gasteiger partial charge is 0.503 e. The van der Waals surface area contributed by atoms with Crippen LogP contribution in [0.5, 0.6) is 0 Å². The van der Waals surface area contributed by atoms with Gasteiger partial charge in [-0.25, -0.2) is 4.79 Å². The number of methoxy groups -OCH3 is 1. The molecule has 0 aliphatic carbocycles. The minimum Gasteiger partial charge on any atom is -0.503 e. The van der Waals surface area contributed by atoms with Gasteiger partial charge in [-0.15, -0.1) is 0 Å². The number of amides is 1. The SMILES string of the molecule is COC(=O)c1ccc(C2C(c3ccc(C)cc3)=C(O)C(=O)N2CCc2ccccc2)cc1. The number of benzene rings is 3. The van der Waals surface area contributed by atoms with E-state index in [0.29, 0.717) is 24.1 Å². The second-order valence-electron chi connectivity index (χ2n) is 7.88. The number of aliphatic hydroxyl groups is 1. The topological polar surface area (TPSA) is 66.8 Å². The van der Waals surface area contributed by atoms with Crippen LogP contribution in [0, 0.1) is 6.92 Å². The summed E-state index contributed by atoms with van der Waals surface area (Å²) in [4.78, 5) is 26.7. The van der Waals surface area contributed by atoms with Crippen molar-refractivity contribution in [3.8, 4) is 0 Å². The van der Waals surface area contributed by atoms with E-state index in [0.717, 1.165) is 22.3 Å². The van der Waals surface area contributed by atoms with E-state index in [2.05, 4.69) is 0 Å². The average molecular weight is 428 g/mol. The minimum atomic E-state index is -0.458. The number of aliphatic hydroxyl groups excluding tert-OH is 1. The maximum atomic E-state index is 13.1. The third kappa shape index (κ3) is 4.14. The summed E-state index contributed by atoms with van der Waals surface area (Å²) < 4.78 is 4.79. The van der Waals surface area contributed by atoms with Crippen LogP contribution in [0.4, 0.5) is 0 Å². The molecule has 1 unspecified atom stereocenters. The highest BCUT2D eigenvalue weighted by atomic mass is 16.5. The fourth-order valence-corrected chi connectivity index (χ4v) is 4.07. The Kier molecular flexibility index (Phi) is 6.08. The van der Waals surface area contributed by atoms with E-state index in [1.807, 2.05) is 73.7 Å². The lowest BCUT2D eigenvalue weighted by Gasteiger charge is -2.27. The normalized spacial score (nSPS) is 15.9. The molecule has 1 heterocycles. The highest BCUT2D eigenvalue weighted by Gasteiger charge is 2.40. The number of carbonyl (C=O) groups is 2. The van der Waals surface area contributed by atoms with E-state index < -0.39 is 17.9 Å². The monoisotopic (exact) mass is 427 g/mol. The molecule has 1 aliphatic rings. The van der Waals surface area contributed by atoms with Gasteiger partial charge in [0.25, 0.3) is 5.91 Å². The van der Waals surface area contributed by atoms with Crippen LogP contribution in [-0.4, -0.2) is 35.5 Å². The van der Waals surface area contributed by atoms with Crippen LogP contribution in [-0.2, 0) is 16.0 Å². The minimum absolute atomic E-state index is 0.232. The summed E-state index contributed by atoms with van der Waals surface area (Å²) in [5, 5.41) is 10.9. The van der Waals surface area contributed by atoms with Gasteiger partial charge in [-0.3, -0.25) is 4.79 Å². The van der Waals surface area contributed by atoms with Gasteiger partial charge in [0.2, 0.25) is 0 Å². The Bertz CT molecular complexity index is 1150. The molecule has 0 spiro atoms. The van der Waals surface area contributed by atoms with Gasteiger partial charge < -0.3 is 14.7 Å². The Morgan fingerprint density at radius 3 is 2.25 bits per heavy atom. The maximum absolute atomic E-state index is 13.1. The molecular weight excluding hydrogens is 402 g/mol. The fourth-order valence-electron chi connectivity index (χ4n) is 4.07. The first kappa shape index (κ1) is 21.4. The Hall–Kier alpha value is -3.86. The van der Waals surface area contributed by atoms with Gasteiger partial charge in [0, 0.05) is 12.1 Å². The van der Waals surface area contributed by atoms with Gasteiger partial charge >= 0.3 is 5.97 Å². The molecule has 0 aromatic heterocycles. The number of aryl methyl sites for hydroxylation is 1. The second-order valence-corrected chi connectivity index (χ2v) is 7.88. The maximum Gasteiger partial charge on any atom is 0.337 e. The number of ether oxygens (including phenoxy) is 1. The Balaban J connectivity index is 1.73. The van der Waals surface area contributed by atoms with Crippen LogP contribution >= 0.6 is 0 Å². The molecule has 32 heavy (non-hydrogen) atoms. The summed E-state index contributed by atoms with van der Waals surface area (Å²) in [5.41, 5.74) is 4.83. The van der Waals surface area contributed by atoms with E-state index >= 15 is 0 Å². The Morgan fingerprint density at radius 2 is 1.62 bits per heavy atom. The number of hydrogen-bond donors (Lipinski definition) is 1. The zero-order chi connectivity index (χ0) is 22.7. The van der Waals surface area contributed by atoms with Crippen LogP contribution < -0.4 is 0 Å². The van der Waals surface area contributed by atoms with Crippen molar-refractivity contribution in [1.82, 2.24) is 4.90 Å². The summed E-state index contributed by atoms with van der Waals surface area (Å²) in [6, 6.07) is 24.2. The molecule has 0 fully saturated rings. The van der Waals surface area contributed by atoms with Gasteiger partial charge in [0.15, 0.2) is 5.76 Å². The molecule has 5 nitrogen and oxygen atoms in total. The Labute approximate surface area is 187 Å². The first-order chi connectivity index (χ1) is 15.5. The highest BCUT2D eigenvalue weighted by Crippen LogP contribution is 2.43. The first-order valence-electron chi connectivity index (χ1n) is 10.5. The van der Waals surface area contributed by atoms with Crippen molar-refractivity contribution in [2.45, 2.75) is 19.4 Å². The lowest BCUT2D eigenvalue weighted by molar-refractivity contribution is -0.129. The van der Waals surface area contributed by atoms with Crippen molar-refractivity contribution >= 4 is 17.4 Å². The van der Waals surface area contributed by atoms with Crippen molar-refractivity contribution in [2.24, 2.45) is 0 Å². The number of nitrogens with zero attached hydrogens (tertiary/aromatic N) is 1. The summed E-state index contributed by atoms with van der Waals surface area (Å²) in [7, 11) is 1.34. The number of rotatable bonds is 6. The van der Waals surface area contributed by atoms with Gasteiger partial charge in [0.05, 0.1) is 18.7 Å². The molecule has 0 saturated heterocycles. The van der Waals surface area contributed by atoms with E-state index in [4.69, 9.17) is 4.74 Å². The lowest BCUT2D eigenvalue weighted by Crippen LogP contribution is -2.32. The van der Waals surface area contributed by atoms with Gasteiger partial charge in [-0.05, 0) is 42.2 Å². The van der Waals surface area contributed by atoms with Crippen LogP contribution in [0.15, 0.2) is 84.6 Å². The van der Waals surface area contributed by atoms with Crippen LogP contribution in [0.2, 0.25) is 0 Å². The highest BCUT2D eigenvalue weighted by molar-refractivity contribution is 6.05. The standard InChI is InChI=1S/C27H25NO4/c1-18-8-10-20(11-9-18)23-24(21-12-14-22(15-13-21)27(31)32-2)28(26(30)25(23)29)17-16-19-6-4-3-5-7-19/h3-15,24,29H,16-17H2,1-2H3. The number of hydrogen-bond acceptors (Lipinski definition) is 4. The predicted octanol–water partition coefficient (Wildman–Crippen LogP) is 4.88. The summed E-state index contributed by atoms with van der Waals surface area (Å²) >= 11 is 0. The van der Waals surface area contributed by atoms with E-state index in [-0.39, 0.29) is 5.76 Å². The number of esters is 1. The molecule has 0 radical (unpaired) electrons. The van der Waals surface area contributed by atoms with Gasteiger partial charge in [-0.2, -0.15) is 0 Å². The lowest BCUT2D eigenvalue weighted by atomic mass is 9.92. The van der Waals surface area contributed by atoms with Crippen molar-refractivity contribution in [3.63, 3.8) is 0 Å². The van der Waals surface area contributed by atoms with Crippen molar-refractivity contribution in [3.05, 3.63) is 112 Å². The van der Waals surface area contributed by atoms with Crippen molar-refractivity contribution in [2.75, 3.05) is 13.7 Å². The summed E-state index contributed by atoms with van der Waals surface area (Å²) in [6.45, 7) is 2.44. The smallest absolute Gasteiger partial charge is 0.337 e. The molecule has 1 amide bonds. The summed E-state index contributed by atoms with van der Waals surface area (Å²) in [6.07, 6.45) is 0.664. The summed E-state index contributed by atoms with van der Waals surface area (Å²) in [5.74, 6) is -1.04. The molecule has 1 N–H and O–H groups in total. The first-order valence-corrected chi connectivity index (χ1v) is 10.5. The zero-order valence-electron chi connectivity index (χ0n) is 18.1. The quantitative estimate of drug-likeness (QED) is 0.570. The van der Waals surface area contributed by atoms with E-state index in [1.54, 1.807) is 17.0 Å². The van der Waals surface area contributed by atoms with Crippen LogP contribution in [0.1, 0.15) is 38.7 Å². The van der Waals surface area contributed by atoms with Gasteiger partial charge in [0.1, 0.15) is 0 Å². The number of carbonyl (C=O) groups excluding carboxylic acids is 2. The molecule has 0 saturated carbocycles. The third-order valence-electron chi connectivity index (χ3n) is 5.80. The third-order valence-corrected chi connectivity index (χ3v) is 5.80. The second kappa shape index (κ2) is 9.10. The average Bonchev–Trinajstić information content (AvgIpc) is 3.08. The zero-order valence-corrected chi connectivity index (χ0v) is 18.1. The molecular formula is C27H25NO4. The molecule has 3 aromatic carbocycles. The van der Waals surface area contributed by atoms with Crippen molar-refractivity contribution < 1.29 is 19.4 Å². The molecule has 5 heteroatoms. The van der Waals surface area contributed by atoms with Crippen molar-refractivity contribution in [1.29, 1.82) is 0 Å². The van der Waals surface area contributed by atoms with Gasteiger partial charge in [-0.1, -0.05) is 72.3 Å².